The molecular weight excluding hydrogens is 290 g/mol. The van der Waals surface area contributed by atoms with Crippen LogP contribution in [-0.2, 0) is 6.54 Å². The number of rotatable bonds is 6. The van der Waals surface area contributed by atoms with Crippen LogP contribution in [0.2, 0.25) is 0 Å². The minimum Gasteiger partial charge on any atom is -0.492 e. The third-order valence-electron chi connectivity index (χ3n) is 4.24. The predicted octanol–water partition coefficient (Wildman–Crippen LogP) is 2.08. The van der Waals surface area contributed by atoms with Crippen LogP contribution in [-0.4, -0.2) is 45.4 Å². The molecule has 6 heteroatoms. The van der Waals surface area contributed by atoms with Crippen LogP contribution in [0.3, 0.4) is 0 Å². The van der Waals surface area contributed by atoms with Crippen LogP contribution in [0.1, 0.15) is 24.8 Å². The first-order chi connectivity index (χ1) is 11.3. The van der Waals surface area contributed by atoms with E-state index in [9.17, 15) is 0 Å². The van der Waals surface area contributed by atoms with E-state index in [1.54, 1.807) is 24.8 Å². The van der Waals surface area contributed by atoms with Crippen LogP contribution < -0.4 is 4.74 Å². The summed E-state index contributed by atoms with van der Waals surface area (Å²) >= 11 is 0. The van der Waals surface area contributed by atoms with Gasteiger partial charge in [-0.05, 0) is 43.7 Å². The molecule has 0 amide bonds. The Labute approximate surface area is 136 Å². The predicted molar refractivity (Wildman–Crippen MR) is 85.9 cm³/mol. The summed E-state index contributed by atoms with van der Waals surface area (Å²) in [6.45, 7) is 3.55. The van der Waals surface area contributed by atoms with Gasteiger partial charge >= 0.3 is 0 Å². The Bertz CT molecular complexity index is 632. The van der Waals surface area contributed by atoms with E-state index in [2.05, 4.69) is 21.1 Å². The first kappa shape index (κ1) is 15.5. The summed E-state index contributed by atoms with van der Waals surface area (Å²) in [6.07, 6.45) is 7.06. The van der Waals surface area contributed by atoms with Gasteiger partial charge < -0.3 is 4.74 Å². The highest BCUT2D eigenvalue weighted by atomic mass is 16.5. The molecule has 2 heterocycles. The van der Waals surface area contributed by atoms with E-state index < -0.39 is 0 Å². The van der Waals surface area contributed by atoms with Crippen molar-refractivity contribution in [3.05, 3.63) is 42.5 Å². The fourth-order valence-corrected chi connectivity index (χ4v) is 3.01. The highest BCUT2D eigenvalue weighted by Crippen LogP contribution is 2.18. The highest BCUT2D eigenvalue weighted by molar-refractivity contribution is 5.34. The lowest BCUT2D eigenvalue weighted by Crippen LogP contribution is -2.44. The summed E-state index contributed by atoms with van der Waals surface area (Å²) in [7, 11) is 0. The molecule has 0 aliphatic carbocycles. The molecule has 0 radical (unpaired) electrons. The molecular formula is C17H21N5O. The van der Waals surface area contributed by atoms with Gasteiger partial charge in [0.05, 0.1) is 18.2 Å². The lowest BCUT2D eigenvalue weighted by atomic mass is 10.0. The number of nitriles is 1. The van der Waals surface area contributed by atoms with E-state index in [-0.39, 0.29) is 0 Å². The summed E-state index contributed by atoms with van der Waals surface area (Å²) in [6, 6.07) is 9.87. The molecule has 0 saturated carbocycles. The molecule has 120 valence electrons. The lowest BCUT2D eigenvalue weighted by molar-refractivity contribution is 0.109. The van der Waals surface area contributed by atoms with E-state index in [1.807, 2.05) is 16.8 Å². The Morgan fingerprint density at radius 3 is 2.87 bits per heavy atom. The van der Waals surface area contributed by atoms with Crippen molar-refractivity contribution in [1.29, 1.82) is 5.26 Å². The normalized spacial score (nSPS) is 18.5. The maximum absolute atomic E-state index is 8.80. The van der Waals surface area contributed by atoms with Crippen molar-refractivity contribution in [2.45, 2.75) is 31.8 Å². The smallest absolute Gasteiger partial charge is 0.137 e. The molecule has 0 bridgehead atoms. The maximum Gasteiger partial charge on any atom is 0.137 e. The van der Waals surface area contributed by atoms with Crippen LogP contribution in [0, 0.1) is 11.3 Å². The van der Waals surface area contributed by atoms with Gasteiger partial charge in [-0.1, -0.05) is 6.42 Å². The summed E-state index contributed by atoms with van der Waals surface area (Å²) < 4.78 is 7.71. The monoisotopic (exact) mass is 311 g/mol. The Morgan fingerprint density at radius 2 is 2.13 bits per heavy atom. The summed E-state index contributed by atoms with van der Waals surface area (Å²) in [5.74, 6) is 0.814. The zero-order valence-corrected chi connectivity index (χ0v) is 13.1. The number of nitrogens with zero attached hydrogens (tertiary/aromatic N) is 5. The molecule has 23 heavy (non-hydrogen) atoms. The SMILES string of the molecule is N#Cc1ccc(OCCN2CCCCC2Cn2cncn2)cc1. The molecule has 1 saturated heterocycles. The highest BCUT2D eigenvalue weighted by Gasteiger charge is 2.22. The molecule has 0 N–H and O–H groups in total. The van der Waals surface area contributed by atoms with E-state index in [1.165, 1.54) is 19.3 Å². The molecule has 0 spiro atoms. The molecule has 2 aromatic rings. The molecule has 1 aromatic carbocycles. The summed E-state index contributed by atoms with van der Waals surface area (Å²) in [5.41, 5.74) is 0.654. The molecule has 1 aliphatic heterocycles. The van der Waals surface area contributed by atoms with Crippen molar-refractivity contribution >= 4 is 0 Å². The van der Waals surface area contributed by atoms with E-state index in [4.69, 9.17) is 10.00 Å². The Morgan fingerprint density at radius 1 is 1.26 bits per heavy atom. The van der Waals surface area contributed by atoms with Gasteiger partial charge in [0.25, 0.3) is 0 Å². The van der Waals surface area contributed by atoms with Crippen LogP contribution in [0.4, 0.5) is 0 Å². The van der Waals surface area contributed by atoms with Crippen LogP contribution >= 0.6 is 0 Å². The largest absolute Gasteiger partial charge is 0.492 e. The summed E-state index contributed by atoms with van der Waals surface area (Å²) in [5, 5.41) is 13.0. The van der Waals surface area contributed by atoms with Crippen molar-refractivity contribution in [3.8, 4) is 11.8 Å². The second-order valence-electron chi connectivity index (χ2n) is 5.79. The molecule has 1 unspecified atom stereocenters. The Kier molecular flexibility index (Phi) is 5.22. The fourth-order valence-electron chi connectivity index (χ4n) is 3.01. The minimum absolute atomic E-state index is 0.495. The van der Waals surface area contributed by atoms with Crippen LogP contribution in [0.25, 0.3) is 0 Å². The zero-order chi connectivity index (χ0) is 15.9. The van der Waals surface area contributed by atoms with Crippen molar-refractivity contribution in [2.75, 3.05) is 19.7 Å². The zero-order valence-electron chi connectivity index (χ0n) is 13.1. The third kappa shape index (κ3) is 4.30. The number of hydrogen-bond donors (Lipinski definition) is 0. The number of benzene rings is 1. The second-order valence-corrected chi connectivity index (χ2v) is 5.79. The van der Waals surface area contributed by atoms with Gasteiger partial charge in [0.2, 0.25) is 0 Å². The van der Waals surface area contributed by atoms with Crippen LogP contribution in [0.15, 0.2) is 36.9 Å². The number of likely N-dealkylation sites (tertiary alicyclic amines) is 1. The first-order valence-electron chi connectivity index (χ1n) is 8.04. The Hall–Kier alpha value is -2.39. The fraction of sp³-hybridized carbons (Fsp3) is 0.471. The average molecular weight is 311 g/mol. The number of piperidine rings is 1. The van der Waals surface area contributed by atoms with Crippen LogP contribution in [0.5, 0.6) is 5.75 Å². The van der Waals surface area contributed by atoms with Crippen molar-refractivity contribution in [2.24, 2.45) is 0 Å². The molecule has 1 aromatic heterocycles. The van der Waals surface area contributed by atoms with Crippen molar-refractivity contribution < 1.29 is 4.74 Å². The van der Waals surface area contributed by atoms with Gasteiger partial charge in [0.15, 0.2) is 0 Å². The average Bonchev–Trinajstić information content (AvgIpc) is 3.10. The Balaban J connectivity index is 1.49. The maximum atomic E-state index is 8.80. The van der Waals surface area contributed by atoms with E-state index in [0.717, 1.165) is 25.4 Å². The van der Waals surface area contributed by atoms with Gasteiger partial charge in [-0.25, -0.2) is 4.98 Å². The van der Waals surface area contributed by atoms with E-state index >= 15 is 0 Å². The minimum atomic E-state index is 0.495. The summed E-state index contributed by atoms with van der Waals surface area (Å²) in [4.78, 5) is 6.50. The topological polar surface area (TPSA) is 67.0 Å². The lowest BCUT2D eigenvalue weighted by Gasteiger charge is -2.35. The van der Waals surface area contributed by atoms with Gasteiger partial charge in [-0.3, -0.25) is 9.58 Å². The standard InChI is InChI=1S/C17H21N5O/c18-11-15-4-6-17(7-5-15)23-10-9-21-8-2-1-3-16(21)12-22-14-19-13-20-22/h4-7,13-14,16H,1-3,8-10,12H2. The molecule has 3 rings (SSSR count). The molecule has 6 nitrogen and oxygen atoms in total. The van der Waals surface area contributed by atoms with Crippen molar-refractivity contribution in [3.63, 3.8) is 0 Å². The quantitative estimate of drug-likeness (QED) is 0.817. The van der Waals surface area contributed by atoms with Crippen molar-refractivity contribution in [1.82, 2.24) is 19.7 Å². The van der Waals surface area contributed by atoms with Gasteiger partial charge in [0, 0.05) is 12.6 Å². The van der Waals surface area contributed by atoms with Gasteiger partial charge in [0.1, 0.15) is 25.0 Å². The first-order valence-corrected chi connectivity index (χ1v) is 8.04. The third-order valence-corrected chi connectivity index (χ3v) is 4.24. The molecule has 1 aliphatic rings. The number of aromatic nitrogens is 3. The number of ether oxygens (including phenoxy) is 1. The molecule has 1 fully saturated rings. The second kappa shape index (κ2) is 7.75. The number of hydrogen-bond acceptors (Lipinski definition) is 5. The molecule has 1 atom stereocenters. The van der Waals surface area contributed by atoms with E-state index in [0.29, 0.717) is 18.2 Å². The van der Waals surface area contributed by atoms with Gasteiger partial charge in [-0.15, -0.1) is 0 Å². The van der Waals surface area contributed by atoms with Gasteiger partial charge in [-0.2, -0.15) is 10.4 Å².